The van der Waals surface area contributed by atoms with E-state index in [2.05, 4.69) is 12.2 Å². The Morgan fingerprint density at radius 3 is 3.06 bits per heavy atom. The van der Waals surface area contributed by atoms with Crippen molar-refractivity contribution < 1.29 is 9.90 Å². The van der Waals surface area contributed by atoms with E-state index in [1.54, 1.807) is 11.3 Å². The molecule has 3 atom stereocenters. The van der Waals surface area contributed by atoms with Gasteiger partial charge in [-0.25, -0.2) is 0 Å². The molecule has 0 aliphatic carbocycles. The van der Waals surface area contributed by atoms with E-state index in [0.717, 1.165) is 17.1 Å². The Labute approximate surface area is 110 Å². The fraction of sp³-hybridized carbons (Fsp3) is 0.583. The first-order chi connectivity index (χ1) is 8.15. The van der Waals surface area contributed by atoms with E-state index in [4.69, 9.17) is 5.11 Å². The SMILES string of the molecule is CC1CC(NC(CC(=O)O)c2cccs2)CS1. The standard InChI is InChI=1S/C12H17NO2S2/c1-8-5-9(7-17-8)13-10(6-12(14)15)11-3-2-4-16-11/h2-4,8-10,13H,5-7H2,1H3,(H,14,15). The van der Waals surface area contributed by atoms with E-state index in [9.17, 15) is 4.79 Å². The highest BCUT2D eigenvalue weighted by Gasteiger charge is 2.26. The lowest BCUT2D eigenvalue weighted by Crippen LogP contribution is -2.33. The summed E-state index contributed by atoms with van der Waals surface area (Å²) in [6.07, 6.45) is 1.29. The minimum atomic E-state index is -0.741. The van der Waals surface area contributed by atoms with E-state index in [0.29, 0.717) is 11.3 Å². The van der Waals surface area contributed by atoms with Crippen LogP contribution in [0.5, 0.6) is 0 Å². The Bertz CT molecular complexity index is 367. The van der Waals surface area contributed by atoms with Gasteiger partial charge in [-0.1, -0.05) is 13.0 Å². The van der Waals surface area contributed by atoms with Crippen LogP contribution in [-0.2, 0) is 4.79 Å². The maximum absolute atomic E-state index is 10.9. The van der Waals surface area contributed by atoms with E-state index in [-0.39, 0.29) is 12.5 Å². The predicted molar refractivity (Wildman–Crippen MR) is 72.8 cm³/mol. The number of nitrogens with one attached hydrogen (secondary N) is 1. The van der Waals surface area contributed by atoms with Crippen molar-refractivity contribution in [2.24, 2.45) is 0 Å². The summed E-state index contributed by atoms with van der Waals surface area (Å²) < 4.78 is 0. The highest BCUT2D eigenvalue weighted by atomic mass is 32.2. The lowest BCUT2D eigenvalue weighted by atomic mass is 10.1. The van der Waals surface area contributed by atoms with Crippen molar-refractivity contribution >= 4 is 29.1 Å². The molecular formula is C12H17NO2S2. The molecule has 1 aromatic heterocycles. The molecule has 1 fully saturated rings. The monoisotopic (exact) mass is 271 g/mol. The first kappa shape index (κ1) is 12.9. The van der Waals surface area contributed by atoms with Crippen molar-refractivity contribution in [2.45, 2.75) is 37.1 Å². The Balaban J connectivity index is 1.98. The number of hydrogen-bond acceptors (Lipinski definition) is 4. The van der Waals surface area contributed by atoms with E-state index >= 15 is 0 Å². The number of rotatable bonds is 5. The molecule has 0 bridgehead atoms. The second-order valence-electron chi connectivity index (χ2n) is 4.41. The van der Waals surface area contributed by atoms with Gasteiger partial charge >= 0.3 is 5.97 Å². The van der Waals surface area contributed by atoms with Gasteiger partial charge in [0.1, 0.15) is 0 Å². The van der Waals surface area contributed by atoms with Crippen LogP contribution in [0.15, 0.2) is 17.5 Å². The summed E-state index contributed by atoms with van der Waals surface area (Å²) in [5.41, 5.74) is 0. The third kappa shape index (κ3) is 3.72. The van der Waals surface area contributed by atoms with Crippen molar-refractivity contribution in [2.75, 3.05) is 5.75 Å². The number of carboxylic acid groups (broad SMARTS) is 1. The minimum Gasteiger partial charge on any atom is -0.481 e. The Morgan fingerprint density at radius 2 is 2.53 bits per heavy atom. The molecule has 5 heteroatoms. The summed E-state index contributed by atoms with van der Waals surface area (Å²) in [4.78, 5) is 12.0. The third-order valence-corrected chi connectivity index (χ3v) is 5.24. The smallest absolute Gasteiger partial charge is 0.305 e. The molecule has 0 saturated carbocycles. The van der Waals surface area contributed by atoms with E-state index in [1.807, 2.05) is 29.3 Å². The van der Waals surface area contributed by atoms with Crippen LogP contribution < -0.4 is 5.32 Å². The number of thioether (sulfide) groups is 1. The van der Waals surface area contributed by atoms with Crippen molar-refractivity contribution in [1.29, 1.82) is 0 Å². The molecule has 0 radical (unpaired) electrons. The van der Waals surface area contributed by atoms with Crippen molar-refractivity contribution in [3.63, 3.8) is 0 Å². The van der Waals surface area contributed by atoms with Gasteiger partial charge < -0.3 is 10.4 Å². The molecule has 94 valence electrons. The molecular weight excluding hydrogens is 254 g/mol. The fourth-order valence-electron chi connectivity index (χ4n) is 2.12. The van der Waals surface area contributed by atoms with Crippen LogP contribution in [-0.4, -0.2) is 28.1 Å². The Kier molecular flexibility index (Phi) is 4.48. The van der Waals surface area contributed by atoms with Crippen LogP contribution >= 0.6 is 23.1 Å². The molecule has 2 rings (SSSR count). The summed E-state index contributed by atoms with van der Waals surface area (Å²) in [6.45, 7) is 2.23. The van der Waals surface area contributed by atoms with Gasteiger partial charge in [-0.3, -0.25) is 4.79 Å². The largest absolute Gasteiger partial charge is 0.481 e. The second-order valence-corrected chi connectivity index (χ2v) is 6.86. The maximum Gasteiger partial charge on any atom is 0.305 e. The van der Waals surface area contributed by atoms with Crippen LogP contribution in [0.4, 0.5) is 0 Å². The molecule has 2 N–H and O–H groups in total. The molecule has 2 heterocycles. The topological polar surface area (TPSA) is 49.3 Å². The summed E-state index contributed by atoms with van der Waals surface area (Å²) in [7, 11) is 0. The lowest BCUT2D eigenvalue weighted by molar-refractivity contribution is -0.137. The first-order valence-corrected chi connectivity index (χ1v) is 7.71. The zero-order valence-corrected chi connectivity index (χ0v) is 11.4. The summed E-state index contributed by atoms with van der Waals surface area (Å²) in [6, 6.07) is 4.39. The number of aliphatic carboxylic acids is 1. The molecule has 1 aliphatic heterocycles. The lowest BCUT2D eigenvalue weighted by Gasteiger charge is -2.20. The van der Waals surface area contributed by atoms with Gasteiger partial charge in [0.2, 0.25) is 0 Å². The summed E-state index contributed by atoms with van der Waals surface area (Å²) in [5.74, 6) is 0.345. The average molecular weight is 271 g/mol. The van der Waals surface area contributed by atoms with Crippen LogP contribution in [0.1, 0.15) is 30.7 Å². The van der Waals surface area contributed by atoms with Crippen LogP contribution in [0.2, 0.25) is 0 Å². The second kappa shape index (κ2) is 5.89. The highest BCUT2D eigenvalue weighted by molar-refractivity contribution is 8.00. The summed E-state index contributed by atoms with van der Waals surface area (Å²) in [5, 5.41) is 15.1. The molecule has 17 heavy (non-hydrogen) atoms. The molecule has 1 aromatic rings. The average Bonchev–Trinajstić information content (AvgIpc) is 2.87. The first-order valence-electron chi connectivity index (χ1n) is 5.78. The van der Waals surface area contributed by atoms with Crippen LogP contribution in [0.25, 0.3) is 0 Å². The number of hydrogen-bond donors (Lipinski definition) is 2. The predicted octanol–water partition coefficient (Wildman–Crippen LogP) is 2.75. The van der Waals surface area contributed by atoms with Gasteiger partial charge in [0.25, 0.3) is 0 Å². The molecule has 1 aliphatic rings. The van der Waals surface area contributed by atoms with Gasteiger partial charge in [-0.2, -0.15) is 11.8 Å². The molecule has 3 unspecified atom stereocenters. The molecule has 0 spiro atoms. The molecule has 0 aromatic carbocycles. The number of thiophene rings is 1. The zero-order valence-electron chi connectivity index (χ0n) is 9.76. The number of carboxylic acids is 1. The third-order valence-electron chi connectivity index (χ3n) is 2.90. The molecule has 3 nitrogen and oxygen atoms in total. The quantitative estimate of drug-likeness (QED) is 0.864. The zero-order chi connectivity index (χ0) is 12.3. The van der Waals surface area contributed by atoms with Gasteiger partial charge in [-0.05, 0) is 17.9 Å². The maximum atomic E-state index is 10.9. The van der Waals surface area contributed by atoms with Gasteiger partial charge in [0.15, 0.2) is 0 Å². The fourth-order valence-corrected chi connectivity index (χ4v) is 4.07. The number of carbonyl (C=O) groups is 1. The van der Waals surface area contributed by atoms with E-state index < -0.39 is 5.97 Å². The summed E-state index contributed by atoms with van der Waals surface area (Å²) >= 11 is 3.58. The van der Waals surface area contributed by atoms with Gasteiger partial charge in [0.05, 0.1) is 12.5 Å². The van der Waals surface area contributed by atoms with Gasteiger partial charge in [0, 0.05) is 21.9 Å². The Morgan fingerprint density at radius 1 is 1.71 bits per heavy atom. The Hall–Kier alpha value is -0.520. The molecule has 0 amide bonds. The molecule has 1 saturated heterocycles. The van der Waals surface area contributed by atoms with Crippen molar-refractivity contribution in [3.05, 3.63) is 22.4 Å². The van der Waals surface area contributed by atoms with Crippen LogP contribution in [0, 0.1) is 0 Å². The normalized spacial score (nSPS) is 25.9. The van der Waals surface area contributed by atoms with Crippen LogP contribution in [0.3, 0.4) is 0 Å². The van der Waals surface area contributed by atoms with Gasteiger partial charge in [-0.15, -0.1) is 11.3 Å². The van der Waals surface area contributed by atoms with Crippen molar-refractivity contribution in [3.8, 4) is 0 Å². The van der Waals surface area contributed by atoms with E-state index in [1.165, 1.54) is 0 Å². The minimum absolute atomic E-state index is 0.0385. The van der Waals surface area contributed by atoms with Crippen molar-refractivity contribution in [1.82, 2.24) is 5.32 Å². The highest BCUT2D eigenvalue weighted by Crippen LogP contribution is 2.29.